The number of ether oxygens (including phenoxy) is 1. The highest BCUT2D eigenvalue weighted by molar-refractivity contribution is 6.32. The normalized spacial score (nSPS) is 12.5. The Labute approximate surface area is 101 Å². The summed E-state index contributed by atoms with van der Waals surface area (Å²) in [6, 6.07) is 5.65. The molecule has 1 aromatic rings. The van der Waals surface area contributed by atoms with Crippen LogP contribution in [0.15, 0.2) is 18.2 Å². The van der Waals surface area contributed by atoms with Crippen LogP contribution in [0.2, 0.25) is 5.02 Å². The molecule has 0 saturated heterocycles. The van der Waals surface area contributed by atoms with Crippen molar-refractivity contribution in [2.45, 2.75) is 25.9 Å². The van der Waals surface area contributed by atoms with Crippen molar-refractivity contribution in [3.8, 4) is 5.75 Å². The Kier molecular flexibility index (Phi) is 5.60. The highest BCUT2D eigenvalue weighted by Gasteiger charge is 2.11. The average molecular weight is 244 g/mol. The third-order valence-corrected chi connectivity index (χ3v) is 2.57. The number of para-hydroxylation sites is 1. The van der Waals surface area contributed by atoms with E-state index in [9.17, 15) is 0 Å². The lowest BCUT2D eigenvalue weighted by Crippen LogP contribution is -2.17. The summed E-state index contributed by atoms with van der Waals surface area (Å²) in [5.74, 6) is 0.666. The van der Waals surface area contributed by atoms with Gasteiger partial charge in [0.25, 0.3) is 0 Å². The second-order valence-electron chi connectivity index (χ2n) is 3.73. The molecule has 0 unspecified atom stereocenters. The maximum absolute atomic E-state index is 8.97. The molecule has 4 heteroatoms. The molecule has 0 heterocycles. The van der Waals surface area contributed by atoms with Gasteiger partial charge in [-0.1, -0.05) is 23.7 Å². The molecule has 0 aromatic heterocycles. The van der Waals surface area contributed by atoms with Gasteiger partial charge in [0.2, 0.25) is 0 Å². The maximum atomic E-state index is 8.97. The van der Waals surface area contributed by atoms with Gasteiger partial charge in [-0.25, -0.2) is 0 Å². The minimum absolute atomic E-state index is 0.0262. The van der Waals surface area contributed by atoms with Crippen molar-refractivity contribution in [1.82, 2.24) is 0 Å². The first-order valence-electron chi connectivity index (χ1n) is 5.44. The minimum Gasteiger partial charge on any atom is -0.486 e. The first kappa shape index (κ1) is 13.3. The molecule has 0 aliphatic rings. The lowest BCUT2D eigenvalue weighted by atomic mass is 10.1. The number of aryl methyl sites for hydroxylation is 1. The number of nitrogens with two attached hydrogens (primary N) is 1. The zero-order valence-electron chi connectivity index (χ0n) is 9.45. The predicted octanol–water partition coefficient (Wildman–Crippen LogP) is 1.99. The summed E-state index contributed by atoms with van der Waals surface area (Å²) in [7, 11) is 0. The van der Waals surface area contributed by atoms with Crippen molar-refractivity contribution < 1.29 is 9.84 Å². The fourth-order valence-electron chi connectivity index (χ4n) is 1.41. The largest absolute Gasteiger partial charge is 0.486 e. The molecule has 16 heavy (non-hydrogen) atoms. The molecular weight excluding hydrogens is 226 g/mol. The molecular formula is C12H18ClNO2. The fourth-order valence-corrected chi connectivity index (χ4v) is 1.65. The van der Waals surface area contributed by atoms with E-state index in [-0.39, 0.29) is 12.7 Å². The third kappa shape index (κ3) is 3.67. The number of benzene rings is 1. The molecule has 1 atom stereocenters. The first-order valence-corrected chi connectivity index (χ1v) is 5.81. The van der Waals surface area contributed by atoms with Gasteiger partial charge in [0.15, 0.2) is 0 Å². The van der Waals surface area contributed by atoms with E-state index in [0.29, 0.717) is 17.3 Å². The van der Waals surface area contributed by atoms with E-state index in [2.05, 4.69) is 0 Å². The topological polar surface area (TPSA) is 55.5 Å². The second kappa shape index (κ2) is 6.74. The first-order chi connectivity index (χ1) is 7.69. The van der Waals surface area contributed by atoms with E-state index < -0.39 is 0 Å². The summed E-state index contributed by atoms with van der Waals surface area (Å²) < 4.78 is 5.60. The Bertz CT molecular complexity index is 331. The van der Waals surface area contributed by atoms with Crippen LogP contribution in [0.4, 0.5) is 0 Å². The van der Waals surface area contributed by atoms with Crippen molar-refractivity contribution in [3.05, 3.63) is 28.8 Å². The van der Waals surface area contributed by atoms with E-state index in [1.807, 2.05) is 12.1 Å². The lowest BCUT2D eigenvalue weighted by Gasteiger charge is -2.16. The van der Waals surface area contributed by atoms with Crippen molar-refractivity contribution >= 4 is 11.6 Å². The Hall–Kier alpha value is -0.770. The van der Waals surface area contributed by atoms with Crippen LogP contribution in [0.1, 0.15) is 18.9 Å². The van der Waals surface area contributed by atoms with Crippen LogP contribution in [-0.2, 0) is 6.42 Å². The zero-order chi connectivity index (χ0) is 12.0. The number of rotatable bonds is 6. The zero-order valence-corrected chi connectivity index (χ0v) is 10.2. The van der Waals surface area contributed by atoms with E-state index >= 15 is 0 Å². The van der Waals surface area contributed by atoms with E-state index in [0.717, 1.165) is 18.4 Å². The molecule has 0 bridgehead atoms. The minimum atomic E-state index is -0.253. The van der Waals surface area contributed by atoms with Gasteiger partial charge >= 0.3 is 0 Å². The van der Waals surface area contributed by atoms with E-state index in [1.54, 1.807) is 13.0 Å². The molecule has 0 saturated carbocycles. The Balaban J connectivity index is 2.85. The van der Waals surface area contributed by atoms with Crippen LogP contribution in [0.3, 0.4) is 0 Å². The van der Waals surface area contributed by atoms with Crippen LogP contribution in [-0.4, -0.2) is 24.4 Å². The van der Waals surface area contributed by atoms with Crippen LogP contribution in [0.5, 0.6) is 5.75 Å². The van der Waals surface area contributed by atoms with Crippen LogP contribution < -0.4 is 10.5 Å². The third-order valence-electron chi connectivity index (χ3n) is 2.27. The van der Waals surface area contributed by atoms with Crippen molar-refractivity contribution in [3.63, 3.8) is 0 Å². The van der Waals surface area contributed by atoms with E-state index in [4.69, 9.17) is 27.2 Å². The molecule has 0 fully saturated rings. The standard InChI is InChI=1S/C12H18ClNO2/c1-9(8-15)16-12-10(5-3-7-14)4-2-6-11(12)13/h2,4,6,9,15H,3,5,7-8,14H2,1H3/t9-/m1/s1. The van der Waals surface area contributed by atoms with Gasteiger partial charge in [-0.15, -0.1) is 0 Å². The molecule has 90 valence electrons. The average Bonchev–Trinajstić information content (AvgIpc) is 2.29. The highest BCUT2D eigenvalue weighted by atomic mass is 35.5. The summed E-state index contributed by atoms with van der Waals surface area (Å²) in [4.78, 5) is 0. The summed E-state index contributed by atoms with van der Waals surface area (Å²) in [5, 5.41) is 9.54. The smallest absolute Gasteiger partial charge is 0.141 e. The van der Waals surface area contributed by atoms with Crippen molar-refractivity contribution in [2.24, 2.45) is 5.73 Å². The summed E-state index contributed by atoms with van der Waals surface area (Å²) >= 11 is 6.07. The van der Waals surface area contributed by atoms with Gasteiger partial charge in [0, 0.05) is 0 Å². The molecule has 0 spiro atoms. The van der Waals surface area contributed by atoms with Crippen LogP contribution >= 0.6 is 11.6 Å². The summed E-state index contributed by atoms with van der Waals surface area (Å²) in [5.41, 5.74) is 6.52. The molecule has 1 rings (SSSR count). The quantitative estimate of drug-likeness (QED) is 0.804. The SMILES string of the molecule is C[C@H](CO)Oc1c(Cl)cccc1CCCN. The van der Waals surface area contributed by atoms with Gasteiger partial charge in [-0.3, -0.25) is 0 Å². The molecule has 0 aliphatic carbocycles. The highest BCUT2D eigenvalue weighted by Crippen LogP contribution is 2.30. The number of aliphatic hydroxyl groups is 1. The second-order valence-corrected chi connectivity index (χ2v) is 4.14. The van der Waals surface area contributed by atoms with Crippen LogP contribution in [0, 0.1) is 0 Å². The fraction of sp³-hybridized carbons (Fsp3) is 0.500. The summed E-state index contributed by atoms with van der Waals surface area (Å²) in [6.07, 6.45) is 1.48. The molecule has 1 aromatic carbocycles. The Morgan fingerprint density at radius 2 is 2.25 bits per heavy atom. The number of hydrogen-bond donors (Lipinski definition) is 2. The lowest BCUT2D eigenvalue weighted by molar-refractivity contribution is 0.129. The monoisotopic (exact) mass is 243 g/mol. The van der Waals surface area contributed by atoms with Gasteiger partial charge in [-0.05, 0) is 37.9 Å². The molecule has 3 nitrogen and oxygen atoms in total. The Morgan fingerprint density at radius 1 is 1.50 bits per heavy atom. The van der Waals surface area contributed by atoms with Crippen molar-refractivity contribution in [2.75, 3.05) is 13.2 Å². The number of aliphatic hydroxyl groups excluding tert-OH is 1. The number of hydrogen-bond acceptors (Lipinski definition) is 3. The van der Waals surface area contributed by atoms with Gasteiger partial charge in [0.05, 0.1) is 11.6 Å². The van der Waals surface area contributed by atoms with Gasteiger partial charge < -0.3 is 15.6 Å². The molecule has 3 N–H and O–H groups in total. The van der Waals surface area contributed by atoms with Gasteiger partial charge in [-0.2, -0.15) is 0 Å². The maximum Gasteiger partial charge on any atom is 0.141 e. The number of halogens is 1. The summed E-state index contributed by atoms with van der Waals surface area (Å²) in [6.45, 7) is 2.42. The molecule has 0 amide bonds. The Morgan fingerprint density at radius 3 is 2.88 bits per heavy atom. The molecule has 0 aliphatic heterocycles. The molecule has 0 radical (unpaired) electrons. The van der Waals surface area contributed by atoms with Crippen molar-refractivity contribution in [1.29, 1.82) is 0 Å². The van der Waals surface area contributed by atoms with E-state index in [1.165, 1.54) is 0 Å². The van der Waals surface area contributed by atoms with Gasteiger partial charge in [0.1, 0.15) is 11.9 Å². The van der Waals surface area contributed by atoms with Crippen LogP contribution in [0.25, 0.3) is 0 Å². The predicted molar refractivity (Wildman–Crippen MR) is 66.0 cm³/mol.